The van der Waals surface area contributed by atoms with Crippen LogP contribution in [0.2, 0.25) is 0 Å². The van der Waals surface area contributed by atoms with Gasteiger partial charge < -0.3 is 11.1 Å². The first-order valence-electron chi connectivity index (χ1n) is 7.43. The van der Waals surface area contributed by atoms with Gasteiger partial charge in [0.15, 0.2) is 5.65 Å². The highest BCUT2D eigenvalue weighted by Crippen LogP contribution is 2.30. The minimum Gasteiger partial charge on any atom is -0.369 e. The SMILES string of the molecule is CC1CCC(CCNc2nc(N)nc3[nH]ncc23)CC1. The molecule has 3 rings (SSSR count). The summed E-state index contributed by atoms with van der Waals surface area (Å²) in [7, 11) is 0. The van der Waals surface area contributed by atoms with Crippen LogP contribution in [-0.2, 0) is 0 Å². The highest BCUT2D eigenvalue weighted by Gasteiger charge is 2.18. The number of nitrogen functional groups attached to an aromatic ring is 1. The van der Waals surface area contributed by atoms with Crippen molar-refractivity contribution in [2.45, 2.75) is 39.0 Å². The molecule has 0 radical (unpaired) electrons. The maximum absolute atomic E-state index is 5.70. The molecule has 108 valence electrons. The van der Waals surface area contributed by atoms with Gasteiger partial charge in [-0.05, 0) is 18.3 Å². The zero-order valence-corrected chi connectivity index (χ0v) is 11.9. The van der Waals surface area contributed by atoms with Crippen LogP contribution in [-0.4, -0.2) is 26.7 Å². The molecule has 2 aromatic rings. The number of H-pyrrole nitrogens is 1. The summed E-state index contributed by atoms with van der Waals surface area (Å²) >= 11 is 0. The number of rotatable bonds is 4. The summed E-state index contributed by atoms with van der Waals surface area (Å²) in [6.07, 6.45) is 8.38. The minimum atomic E-state index is 0.274. The monoisotopic (exact) mass is 274 g/mol. The number of hydrogen-bond donors (Lipinski definition) is 3. The van der Waals surface area contributed by atoms with Crippen LogP contribution in [0.3, 0.4) is 0 Å². The first kappa shape index (κ1) is 13.1. The van der Waals surface area contributed by atoms with Gasteiger partial charge in [0.05, 0.1) is 11.6 Å². The van der Waals surface area contributed by atoms with Crippen molar-refractivity contribution in [1.82, 2.24) is 20.2 Å². The number of nitrogens with one attached hydrogen (secondary N) is 2. The second-order valence-corrected chi connectivity index (χ2v) is 5.90. The molecule has 0 aromatic carbocycles. The van der Waals surface area contributed by atoms with Gasteiger partial charge in [-0.25, -0.2) is 0 Å². The third-order valence-electron chi connectivity index (χ3n) is 4.31. The van der Waals surface area contributed by atoms with Gasteiger partial charge in [0.1, 0.15) is 5.82 Å². The van der Waals surface area contributed by atoms with E-state index in [2.05, 4.69) is 32.4 Å². The van der Waals surface area contributed by atoms with Gasteiger partial charge >= 0.3 is 0 Å². The van der Waals surface area contributed by atoms with Crippen LogP contribution < -0.4 is 11.1 Å². The molecule has 2 heterocycles. The Balaban J connectivity index is 1.58. The zero-order valence-electron chi connectivity index (χ0n) is 11.9. The van der Waals surface area contributed by atoms with Crippen LogP contribution >= 0.6 is 0 Å². The van der Waals surface area contributed by atoms with Crippen molar-refractivity contribution in [3.63, 3.8) is 0 Å². The summed E-state index contributed by atoms with van der Waals surface area (Å²) in [4.78, 5) is 8.37. The molecule has 0 atom stereocenters. The molecule has 1 aliphatic rings. The van der Waals surface area contributed by atoms with Crippen molar-refractivity contribution in [2.24, 2.45) is 11.8 Å². The fraction of sp³-hybridized carbons (Fsp3) is 0.643. The topological polar surface area (TPSA) is 92.5 Å². The summed E-state index contributed by atoms with van der Waals surface area (Å²) in [5.41, 5.74) is 6.39. The van der Waals surface area contributed by atoms with Gasteiger partial charge in [-0.2, -0.15) is 15.1 Å². The van der Waals surface area contributed by atoms with Gasteiger partial charge in [-0.1, -0.05) is 32.6 Å². The second-order valence-electron chi connectivity index (χ2n) is 5.90. The van der Waals surface area contributed by atoms with Crippen molar-refractivity contribution in [3.05, 3.63) is 6.20 Å². The molecule has 0 unspecified atom stereocenters. The summed E-state index contributed by atoms with van der Waals surface area (Å²) in [6, 6.07) is 0. The van der Waals surface area contributed by atoms with Crippen LogP contribution in [0.1, 0.15) is 39.0 Å². The lowest BCUT2D eigenvalue weighted by Gasteiger charge is -2.26. The Labute approximate surface area is 118 Å². The number of aromatic nitrogens is 4. The molecule has 0 aliphatic heterocycles. The average Bonchev–Trinajstić information content (AvgIpc) is 2.89. The van der Waals surface area contributed by atoms with Crippen molar-refractivity contribution in [2.75, 3.05) is 17.6 Å². The molecule has 1 fully saturated rings. The molecule has 0 bridgehead atoms. The molecule has 2 aromatic heterocycles. The number of hydrogen-bond acceptors (Lipinski definition) is 5. The first-order valence-corrected chi connectivity index (χ1v) is 7.43. The Morgan fingerprint density at radius 2 is 2.10 bits per heavy atom. The molecule has 6 heteroatoms. The van der Waals surface area contributed by atoms with Crippen LogP contribution in [0.15, 0.2) is 6.20 Å². The summed E-state index contributed by atoms with van der Waals surface area (Å²) < 4.78 is 0. The standard InChI is InChI=1S/C14H22N6/c1-9-2-4-10(5-3-9)6-7-16-12-11-8-17-20-13(11)19-14(15)18-12/h8-10H,2-7H2,1H3,(H4,15,16,17,18,19,20). The molecule has 20 heavy (non-hydrogen) atoms. The summed E-state index contributed by atoms with van der Waals surface area (Å²) in [6.45, 7) is 3.28. The molecular weight excluding hydrogens is 252 g/mol. The number of nitrogens with two attached hydrogens (primary N) is 1. The summed E-state index contributed by atoms with van der Waals surface area (Å²) in [5.74, 6) is 2.81. The van der Waals surface area contributed by atoms with Crippen molar-refractivity contribution in [1.29, 1.82) is 0 Å². The van der Waals surface area contributed by atoms with Gasteiger partial charge in [0, 0.05) is 6.54 Å². The van der Waals surface area contributed by atoms with Gasteiger partial charge in [-0.15, -0.1) is 0 Å². The molecule has 0 spiro atoms. The van der Waals surface area contributed by atoms with Crippen molar-refractivity contribution in [3.8, 4) is 0 Å². The Morgan fingerprint density at radius 3 is 2.90 bits per heavy atom. The van der Waals surface area contributed by atoms with E-state index in [4.69, 9.17) is 5.73 Å². The van der Waals surface area contributed by atoms with Gasteiger partial charge in [-0.3, -0.25) is 5.10 Å². The van der Waals surface area contributed by atoms with E-state index in [0.29, 0.717) is 5.65 Å². The highest BCUT2D eigenvalue weighted by molar-refractivity contribution is 5.86. The molecule has 0 amide bonds. The number of anilines is 2. The molecule has 4 N–H and O–H groups in total. The van der Waals surface area contributed by atoms with Crippen LogP contribution in [0.4, 0.5) is 11.8 Å². The Kier molecular flexibility index (Phi) is 3.71. The minimum absolute atomic E-state index is 0.274. The third-order valence-corrected chi connectivity index (χ3v) is 4.31. The largest absolute Gasteiger partial charge is 0.369 e. The fourth-order valence-corrected chi connectivity index (χ4v) is 3.00. The Hall–Kier alpha value is -1.85. The predicted molar refractivity (Wildman–Crippen MR) is 80.3 cm³/mol. The van der Waals surface area contributed by atoms with Crippen LogP contribution in [0.25, 0.3) is 11.0 Å². The van der Waals surface area contributed by atoms with Crippen molar-refractivity contribution >= 4 is 22.8 Å². The quantitative estimate of drug-likeness (QED) is 0.796. The van der Waals surface area contributed by atoms with Crippen LogP contribution in [0, 0.1) is 11.8 Å². The Morgan fingerprint density at radius 1 is 1.30 bits per heavy atom. The Bertz CT molecular complexity index is 570. The first-order chi connectivity index (χ1) is 9.72. The molecule has 6 nitrogen and oxygen atoms in total. The van der Waals surface area contributed by atoms with E-state index in [1.165, 1.54) is 32.1 Å². The average molecular weight is 274 g/mol. The molecule has 1 saturated carbocycles. The number of nitrogens with zero attached hydrogens (tertiary/aromatic N) is 3. The second kappa shape index (κ2) is 5.64. The van der Waals surface area contributed by atoms with Gasteiger partial charge in [0.2, 0.25) is 5.95 Å². The fourth-order valence-electron chi connectivity index (χ4n) is 3.00. The molecular formula is C14H22N6. The van der Waals surface area contributed by atoms with Gasteiger partial charge in [0.25, 0.3) is 0 Å². The highest BCUT2D eigenvalue weighted by atomic mass is 15.2. The maximum atomic E-state index is 5.70. The lowest BCUT2D eigenvalue weighted by Crippen LogP contribution is -2.16. The van der Waals surface area contributed by atoms with Crippen LogP contribution in [0.5, 0.6) is 0 Å². The normalized spacial score (nSPS) is 23.1. The van der Waals surface area contributed by atoms with E-state index in [1.54, 1.807) is 6.20 Å². The number of fused-ring (bicyclic) bond motifs is 1. The lowest BCUT2D eigenvalue weighted by molar-refractivity contribution is 0.282. The van der Waals surface area contributed by atoms with E-state index in [1.807, 2.05) is 0 Å². The predicted octanol–water partition coefficient (Wildman–Crippen LogP) is 2.56. The summed E-state index contributed by atoms with van der Waals surface area (Å²) in [5, 5.41) is 11.1. The number of aromatic amines is 1. The molecule has 0 saturated heterocycles. The smallest absolute Gasteiger partial charge is 0.224 e. The molecule has 1 aliphatic carbocycles. The maximum Gasteiger partial charge on any atom is 0.224 e. The van der Waals surface area contributed by atoms with E-state index >= 15 is 0 Å². The van der Waals surface area contributed by atoms with E-state index in [-0.39, 0.29) is 5.95 Å². The van der Waals surface area contributed by atoms with Crippen molar-refractivity contribution < 1.29 is 0 Å². The van der Waals surface area contributed by atoms with E-state index in [0.717, 1.165) is 29.6 Å². The zero-order chi connectivity index (χ0) is 13.9. The van der Waals surface area contributed by atoms with E-state index in [9.17, 15) is 0 Å². The van der Waals surface area contributed by atoms with E-state index < -0.39 is 0 Å². The lowest BCUT2D eigenvalue weighted by atomic mass is 9.81. The third kappa shape index (κ3) is 2.84.